The van der Waals surface area contributed by atoms with E-state index in [1.165, 1.54) is 7.11 Å². The van der Waals surface area contributed by atoms with Crippen LogP contribution in [0, 0.1) is 5.92 Å². The SMILES string of the molecule is COC(=O)[C@H](NC(=O)C[C@@H](Cc1ccccc1)CS(=O)(=O)c1ccccc1)c1ccccc1. The molecule has 0 fully saturated rings. The molecule has 0 aromatic heterocycles. The predicted octanol–water partition coefficient (Wildman–Crippen LogP) is 3.74. The van der Waals surface area contributed by atoms with Crippen molar-refractivity contribution in [1.29, 1.82) is 0 Å². The minimum absolute atomic E-state index is 0.0543. The molecule has 172 valence electrons. The van der Waals surface area contributed by atoms with Crippen LogP contribution in [-0.2, 0) is 30.6 Å². The molecule has 0 unspecified atom stereocenters. The molecule has 0 aliphatic rings. The van der Waals surface area contributed by atoms with E-state index in [9.17, 15) is 18.0 Å². The van der Waals surface area contributed by atoms with Crippen LogP contribution in [0.25, 0.3) is 0 Å². The molecule has 0 radical (unpaired) electrons. The van der Waals surface area contributed by atoms with Crippen molar-refractivity contribution >= 4 is 21.7 Å². The third kappa shape index (κ3) is 7.02. The van der Waals surface area contributed by atoms with Crippen LogP contribution in [0.1, 0.15) is 23.6 Å². The van der Waals surface area contributed by atoms with E-state index in [1.807, 2.05) is 36.4 Å². The Hall–Kier alpha value is -3.45. The molecule has 3 aromatic carbocycles. The third-order valence-corrected chi connectivity index (χ3v) is 7.17. The van der Waals surface area contributed by atoms with Gasteiger partial charge in [0.25, 0.3) is 0 Å². The van der Waals surface area contributed by atoms with Gasteiger partial charge in [0.15, 0.2) is 15.9 Å². The van der Waals surface area contributed by atoms with Crippen LogP contribution in [0.5, 0.6) is 0 Å². The molecule has 0 bridgehead atoms. The maximum atomic E-state index is 13.0. The quantitative estimate of drug-likeness (QED) is 0.461. The fourth-order valence-electron chi connectivity index (χ4n) is 3.70. The van der Waals surface area contributed by atoms with Crippen molar-refractivity contribution in [3.8, 4) is 0 Å². The second-order valence-corrected chi connectivity index (χ2v) is 9.82. The van der Waals surface area contributed by atoms with Crippen LogP contribution in [-0.4, -0.2) is 33.2 Å². The molecule has 2 atom stereocenters. The first-order valence-electron chi connectivity index (χ1n) is 10.6. The summed E-state index contributed by atoms with van der Waals surface area (Å²) < 4.78 is 30.9. The molecule has 0 aliphatic heterocycles. The zero-order valence-electron chi connectivity index (χ0n) is 18.4. The van der Waals surface area contributed by atoms with Gasteiger partial charge in [-0.2, -0.15) is 0 Å². The summed E-state index contributed by atoms with van der Waals surface area (Å²) in [6.45, 7) is 0. The van der Waals surface area contributed by atoms with Gasteiger partial charge >= 0.3 is 5.97 Å². The van der Waals surface area contributed by atoms with Crippen LogP contribution in [0.3, 0.4) is 0 Å². The predicted molar refractivity (Wildman–Crippen MR) is 126 cm³/mol. The smallest absolute Gasteiger partial charge is 0.333 e. The van der Waals surface area contributed by atoms with Crippen LogP contribution in [0.4, 0.5) is 0 Å². The van der Waals surface area contributed by atoms with Gasteiger partial charge in [-0.1, -0.05) is 78.9 Å². The molecule has 3 rings (SSSR count). The number of carbonyl (C=O) groups excluding carboxylic acids is 2. The zero-order chi connectivity index (χ0) is 23.7. The molecule has 6 nitrogen and oxygen atoms in total. The molecular formula is C26H27NO5S. The number of hydrogen-bond donors (Lipinski definition) is 1. The summed E-state index contributed by atoms with van der Waals surface area (Å²) in [5.41, 5.74) is 1.53. The number of methoxy groups -OCH3 is 1. The number of nitrogens with one attached hydrogen (secondary N) is 1. The van der Waals surface area contributed by atoms with E-state index in [-0.39, 0.29) is 17.1 Å². The summed E-state index contributed by atoms with van der Waals surface area (Å²) in [4.78, 5) is 25.5. The Bertz CT molecular complexity index is 1150. The Labute approximate surface area is 194 Å². The highest BCUT2D eigenvalue weighted by Gasteiger charge is 2.27. The highest BCUT2D eigenvalue weighted by molar-refractivity contribution is 7.91. The number of benzene rings is 3. The van der Waals surface area contributed by atoms with Crippen LogP contribution in [0.15, 0.2) is 95.9 Å². The summed E-state index contributed by atoms with van der Waals surface area (Å²) in [6, 6.07) is 25.5. The van der Waals surface area contributed by atoms with Crippen molar-refractivity contribution in [3.05, 3.63) is 102 Å². The van der Waals surface area contributed by atoms with Gasteiger partial charge in [0.1, 0.15) is 0 Å². The average molecular weight is 466 g/mol. The van der Waals surface area contributed by atoms with E-state index in [4.69, 9.17) is 4.74 Å². The van der Waals surface area contributed by atoms with Crippen molar-refractivity contribution in [1.82, 2.24) is 5.32 Å². The summed E-state index contributed by atoms with van der Waals surface area (Å²) in [5.74, 6) is -1.68. The molecule has 0 saturated carbocycles. The normalized spacial score (nSPS) is 13.0. The highest BCUT2D eigenvalue weighted by atomic mass is 32.2. The summed E-state index contributed by atoms with van der Waals surface area (Å²) in [6.07, 6.45) is 0.357. The minimum atomic E-state index is -3.60. The van der Waals surface area contributed by atoms with Crippen LogP contribution >= 0.6 is 0 Å². The van der Waals surface area contributed by atoms with Gasteiger partial charge in [-0.05, 0) is 35.6 Å². The third-order valence-electron chi connectivity index (χ3n) is 5.27. The number of carbonyl (C=O) groups is 2. The van der Waals surface area contributed by atoms with Gasteiger partial charge in [0, 0.05) is 6.42 Å². The lowest BCUT2D eigenvalue weighted by Crippen LogP contribution is -2.36. The van der Waals surface area contributed by atoms with Gasteiger partial charge in [-0.15, -0.1) is 0 Å². The number of hydrogen-bond acceptors (Lipinski definition) is 5. The summed E-state index contributed by atoms with van der Waals surface area (Å²) in [5, 5.41) is 2.72. The van der Waals surface area contributed by atoms with Crippen molar-refractivity contribution in [2.75, 3.05) is 12.9 Å². The van der Waals surface area contributed by atoms with Crippen LogP contribution in [0.2, 0.25) is 0 Å². The minimum Gasteiger partial charge on any atom is -0.467 e. The van der Waals surface area contributed by atoms with Gasteiger partial charge in [0.2, 0.25) is 5.91 Å². The molecule has 0 saturated heterocycles. The topological polar surface area (TPSA) is 89.5 Å². The Balaban J connectivity index is 1.79. The molecule has 3 aromatic rings. The van der Waals surface area contributed by atoms with E-state index >= 15 is 0 Å². The molecule has 0 aliphatic carbocycles. The molecule has 7 heteroatoms. The molecule has 0 spiro atoms. The lowest BCUT2D eigenvalue weighted by molar-refractivity contribution is -0.145. The first-order chi connectivity index (χ1) is 15.9. The molecule has 1 N–H and O–H groups in total. The van der Waals surface area contributed by atoms with Crippen molar-refractivity contribution in [2.45, 2.75) is 23.8 Å². The van der Waals surface area contributed by atoms with E-state index in [1.54, 1.807) is 54.6 Å². The van der Waals surface area contributed by atoms with E-state index in [2.05, 4.69) is 5.32 Å². The maximum absolute atomic E-state index is 13.0. The number of esters is 1. The molecule has 0 heterocycles. The van der Waals surface area contributed by atoms with E-state index in [0.717, 1.165) is 5.56 Å². The molecular weight excluding hydrogens is 438 g/mol. The second-order valence-electron chi connectivity index (χ2n) is 7.79. The van der Waals surface area contributed by atoms with Gasteiger partial charge < -0.3 is 10.1 Å². The lowest BCUT2D eigenvalue weighted by Gasteiger charge is -2.20. The first-order valence-corrected chi connectivity index (χ1v) is 12.3. The van der Waals surface area contributed by atoms with Crippen LogP contribution < -0.4 is 5.32 Å². The number of amides is 1. The number of ether oxygens (including phenoxy) is 1. The van der Waals surface area contributed by atoms with E-state index in [0.29, 0.717) is 12.0 Å². The highest BCUT2D eigenvalue weighted by Crippen LogP contribution is 2.21. The number of rotatable bonds is 10. The molecule has 1 amide bonds. The fraction of sp³-hybridized carbons (Fsp3) is 0.231. The van der Waals surface area contributed by atoms with Crippen molar-refractivity contribution in [3.63, 3.8) is 0 Å². The van der Waals surface area contributed by atoms with Gasteiger partial charge in [-0.3, -0.25) is 4.79 Å². The summed E-state index contributed by atoms with van der Waals surface area (Å²) in [7, 11) is -2.34. The Morgan fingerprint density at radius 3 is 1.97 bits per heavy atom. The number of sulfone groups is 1. The van der Waals surface area contributed by atoms with Gasteiger partial charge in [0.05, 0.1) is 17.8 Å². The fourth-order valence-corrected chi connectivity index (χ4v) is 5.32. The monoisotopic (exact) mass is 465 g/mol. The van der Waals surface area contributed by atoms with Gasteiger partial charge in [-0.25, -0.2) is 13.2 Å². The maximum Gasteiger partial charge on any atom is 0.333 e. The van der Waals surface area contributed by atoms with E-state index < -0.39 is 33.7 Å². The second kappa shape index (κ2) is 11.4. The average Bonchev–Trinajstić information content (AvgIpc) is 2.83. The summed E-state index contributed by atoms with van der Waals surface area (Å²) >= 11 is 0. The Kier molecular flexibility index (Phi) is 8.38. The Morgan fingerprint density at radius 1 is 0.848 bits per heavy atom. The lowest BCUT2D eigenvalue weighted by atomic mass is 9.97. The standard InChI is InChI=1S/C26H27NO5S/c1-32-26(29)25(22-13-7-3-8-14-22)27-24(28)18-21(17-20-11-5-2-6-12-20)19-33(30,31)23-15-9-4-10-16-23/h2-16,21,25H,17-19H2,1H3,(H,27,28)/t21-,25-/m1/s1. The van der Waals surface area contributed by atoms with Crippen molar-refractivity contribution < 1.29 is 22.7 Å². The Morgan fingerprint density at radius 2 is 1.39 bits per heavy atom. The first kappa shape index (κ1) is 24.2. The van der Waals surface area contributed by atoms with Crippen molar-refractivity contribution in [2.24, 2.45) is 5.92 Å². The largest absolute Gasteiger partial charge is 0.467 e. The zero-order valence-corrected chi connectivity index (χ0v) is 19.2. The molecule has 33 heavy (non-hydrogen) atoms.